The van der Waals surface area contributed by atoms with Crippen LogP contribution in [0.5, 0.6) is 0 Å². The molecular weight excluding hydrogens is 88.1 g/mol. The maximum absolute atomic E-state index is 10.1. The van der Waals surface area contributed by atoms with E-state index in [2.05, 4.69) is 13.8 Å². The Morgan fingerprint density at radius 3 is 1.71 bits per heavy atom. The van der Waals surface area contributed by atoms with E-state index in [1.165, 1.54) is 0 Å². The quantitative estimate of drug-likeness (QED) is 0.517. The third-order valence-corrected chi connectivity index (χ3v) is 1.39. The highest BCUT2D eigenvalue weighted by molar-refractivity contribution is 4.48. The van der Waals surface area contributed by atoms with Gasteiger partial charge < -0.3 is 0 Å². The summed E-state index contributed by atoms with van der Waals surface area (Å²) in [5, 5.41) is 10.1. The highest BCUT2D eigenvalue weighted by Gasteiger charge is 1.98. The minimum Gasteiger partial charge on any atom is -0.236 e. The van der Waals surface area contributed by atoms with Crippen molar-refractivity contribution in [1.82, 2.24) is 0 Å². The van der Waals surface area contributed by atoms with E-state index in [4.69, 9.17) is 0 Å². The molecule has 0 spiro atoms. The maximum atomic E-state index is 10.1. The lowest BCUT2D eigenvalue weighted by Gasteiger charge is -2.02. The second kappa shape index (κ2) is 4.13. The molecule has 1 nitrogen and oxygen atoms in total. The van der Waals surface area contributed by atoms with Crippen molar-refractivity contribution in [2.45, 2.75) is 26.7 Å². The minimum atomic E-state index is 0.104. The van der Waals surface area contributed by atoms with Gasteiger partial charge in [0.15, 0.2) is 0 Å². The zero-order valence-corrected chi connectivity index (χ0v) is 5.11. The summed E-state index contributed by atoms with van der Waals surface area (Å²) >= 11 is 0. The molecule has 0 aliphatic rings. The van der Waals surface area contributed by atoms with Crippen LogP contribution in [0.15, 0.2) is 0 Å². The van der Waals surface area contributed by atoms with E-state index in [1.54, 1.807) is 0 Å². The summed E-state index contributed by atoms with van der Waals surface area (Å²) in [5.41, 5.74) is 0. The molecule has 43 valence electrons. The first-order valence-electron chi connectivity index (χ1n) is 2.93. The molecule has 1 radical (unpaired) electrons. The molecule has 0 aromatic rings. The van der Waals surface area contributed by atoms with Gasteiger partial charge in [-0.05, 0) is 5.92 Å². The highest BCUT2D eigenvalue weighted by Crippen LogP contribution is 2.04. The van der Waals surface area contributed by atoms with E-state index in [1.807, 2.05) is 0 Å². The fraction of sp³-hybridized carbons (Fsp3) is 1.00. The van der Waals surface area contributed by atoms with Gasteiger partial charge in [0.25, 0.3) is 0 Å². The van der Waals surface area contributed by atoms with Gasteiger partial charge in [-0.1, -0.05) is 26.7 Å². The van der Waals surface area contributed by atoms with Gasteiger partial charge in [-0.2, -0.15) is 0 Å². The van der Waals surface area contributed by atoms with Crippen LogP contribution in [0, 0.1) is 5.92 Å². The molecule has 0 aliphatic heterocycles. The molecule has 0 atom stereocenters. The zero-order valence-electron chi connectivity index (χ0n) is 5.11. The van der Waals surface area contributed by atoms with Gasteiger partial charge in [-0.25, -0.2) is 5.11 Å². The maximum Gasteiger partial charge on any atom is 0.0850 e. The normalized spacial score (nSPS) is 10.3. The molecule has 0 aromatic heterocycles. The summed E-state index contributed by atoms with van der Waals surface area (Å²) in [7, 11) is 0. The molecular formula is C6H13O. The molecule has 0 bridgehead atoms. The van der Waals surface area contributed by atoms with E-state index in [0.29, 0.717) is 5.92 Å². The summed E-state index contributed by atoms with van der Waals surface area (Å²) in [4.78, 5) is 0. The topological polar surface area (TPSA) is 19.9 Å². The van der Waals surface area contributed by atoms with Gasteiger partial charge in [0, 0.05) is 0 Å². The van der Waals surface area contributed by atoms with Crippen LogP contribution in [0.1, 0.15) is 26.7 Å². The Morgan fingerprint density at radius 1 is 1.29 bits per heavy atom. The molecule has 0 saturated carbocycles. The van der Waals surface area contributed by atoms with Crippen molar-refractivity contribution < 1.29 is 5.11 Å². The van der Waals surface area contributed by atoms with Crippen molar-refractivity contribution in [3.05, 3.63) is 0 Å². The van der Waals surface area contributed by atoms with Crippen molar-refractivity contribution in [2.75, 3.05) is 6.61 Å². The lowest BCUT2D eigenvalue weighted by atomic mass is 10.1. The molecule has 1 heteroatoms. The van der Waals surface area contributed by atoms with Gasteiger partial charge >= 0.3 is 0 Å². The molecule has 0 aromatic carbocycles. The summed E-state index contributed by atoms with van der Waals surface area (Å²) in [6.07, 6.45) is 2.08. The molecule has 0 amide bonds. The van der Waals surface area contributed by atoms with Crippen LogP contribution >= 0.6 is 0 Å². The van der Waals surface area contributed by atoms with E-state index >= 15 is 0 Å². The van der Waals surface area contributed by atoms with Crippen LogP contribution in [-0.2, 0) is 5.11 Å². The summed E-state index contributed by atoms with van der Waals surface area (Å²) in [5.74, 6) is 0.431. The fourth-order valence-electron chi connectivity index (χ4n) is 0.524. The smallest absolute Gasteiger partial charge is 0.0850 e. The average molecular weight is 101 g/mol. The Bertz CT molecular complexity index is 25.7. The first kappa shape index (κ1) is 6.96. The predicted octanol–water partition coefficient (Wildman–Crippen LogP) is 1.85. The molecule has 0 fully saturated rings. The largest absolute Gasteiger partial charge is 0.236 e. The van der Waals surface area contributed by atoms with E-state index in [-0.39, 0.29) is 6.61 Å². The second-order valence-corrected chi connectivity index (χ2v) is 1.85. The lowest BCUT2D eigenvalue weighted by Crippen LogP contribution is -1.99. The zero-order chi connectivity index (χ0) is 5.70. The van der Waals surface area contributed by atoms with Crippen molar-refractivity contribution >= 4 is 0 Å². The van der Waals surface area contributed by atoms with Crippen LogP contribution < -0.4 is 0 Å². The van der Waals surface area contributed by atoms with Gasteiger partial charge in [0.2, 0.25) is 0 Å². The first-order valence-corrected chi connectivity index (χ1v) is 2.93. The predicted molar refractivity (Wildman–Crippen MR) is 29.6 cm³/mol. The van der Waals surface area contributed by atoms with E-state index in [0.717, 1.165) is 12.8 Å². The minimum absolute atomic E-state index is 0.104. The van der Waals surface area contributed by atoms with Crippen molar-refractivity contribution in [2.24, 2.45) is 5.92 Å². The Hall–Kier alpha value is -0.0400. The molecule has 0 unspecified atom stereocenters. The highest BCUT2D eigenvalue weighted by atomic mass is 16.3. The van der Waals surface area contributed by atoms with Gasteiger partial charge in [-0.15, -0.1) is 0 Å². The molecule has 0 N–H and O–H groups in total. The second-order valence-electron chi connectivity index (χ2n) is 1.85. The number of rotatable bonds is 3. The molecule has 0 rings (SSSR count). The third kappa shape index (κ3) is 2.63. The van der Waals surface area contributed by atoms with Gasteiger partial charge in [-0.3, -0.25) is 0 Å². The molecule has 0 aliphatic carbocycles. The van der Waals surface area contributed by atoms with E-state index in [9.17, 15) is 5.11 Å². The monoisotopic (exact) mass is 101 g/mol. The van der Waals surface area contributed by atoms with Crippen LogP contribution in [0.3, 0.4) is 0 Å². The molecule has 7 heavy (non-hydrogen) atoms. The summed E-state index contributed by atoms with van der Waals surface area (Å²) < 4.78 is 0. The van der Waals surface area contributed by atoms with Crippen molar-refractivity contribution in [3.63, 3.8) is 0 Å². The fourth-order valence-corrected chi connectivity index (χ4v) is 0.524. The van der Waals surface area contributed by atoms with Crippen LogP contribution in [0.4, 0.5) is 0 Å². The van der Waals surface area contributed by atoms with Crippen LogP contribution in [0.2, 0.25) is 0 Å². The Kier molecular flexibility index (Phi) is 4.10. The standard InChI is InChI=1S/C6H13O/c1-3-6(4-2)5-7/h6H,3-5H2,1-2H3. The first-order chi connectivity index (χ1) is 3.35. The summed E-state index contributed by atoms with van der Waals surface area (Å²) in [6, 6.07) is 0. The number of hydrogen-bond acceptors (Lipinski definition) is 0. The van der Waals surface area contributed by atoms with Gasteiger partial charge in [0.1, 0.15) is 0 Å². The SMILES string of the molecule is CCC(CC)C[O]. The molecule has 0 heterocycles. The Balaban J connectivity index is 2.99. The average Bonchev–Trinajstić information content (AvgIpc) is 1.72. The third-order valence-electron chi connectivity index (χ3n) is 1.39. The Labute approximate surface area is 45.4 Å². The van der Waals surface area contributed by atoms with E-state index < -0.39 is 0 Å². The van der Waals surface area contributed by atoms with Crippen LogP contribution in [0.25, 0.3) is 0 Å². The van der Waals surface area contributed by atoms with Crippen molar-refractivity contribution in [1.29, 1.82) is 0 Å². The van der Waals surface area contributed by atoms with Crippen LogP contribution in [-0.4, -0.2) is 6.61 Å². The lowest BCUT2D eigenvalue weighted by molar-refractivity contribution is 0.139. The van der Waals surface area contributed by atoms with Crippen molar-refractivity contribution in [3.8, 4) is 0 Å². The summed E-state index contributed by atoms with van der Waals surface area (Å²) in [6.45, 7) is 4.23. The van der Waals surface area contributed by atoms with Gasteiger partial charge in [0.05, 0.1) is 6.61 Å². The molecule has 0 saturated heterocycles. The Morgan fingerprint density at radius 2 is 1.71 bits per heavy atom. The number of hydrogen-bond donors (Lipinski definition) is 0.